The molecule has 6 nitrogen and oxygen atoms in total. The summed E-state index contributed by atoms with van der Waals surface area (Å²) in [7, 11) is 1.60. The summed E-state index contributed by atoms with van der Waals surface area (Å²) in [5, 5.41) is 0. The predicted octanol–water partition coefficient (Wildman–Crippen LogP) is 2.07. The molecule has 1 aliphatic heterocycles. The molecule has 0 aromatic heterocycles. The lowest BCUT2D eigenvalue weighted by molar-refractivity contribution is -0.219. The topological polar surface area (TPSA) is 63.2 Å². The smallest absolute Gasteiger partial charge is 0.338 e. The van der Waals surface area contributed by atoms with Gasteiger partial charge in [-0.05, 0) is 26.0 Å². The van der Waals surface area contributed by atoms with E-state index in [9.17, 15) is 4.79 Å². The van der Waals surface area contributed by atoms with Crippen molar-refractivity contribution >= 4 is 5.97 Å². The molecule has 134 valence electrons. The van der Waals surface area contributed by atoms with Crippen LogP contribution in [0.4, 0.5) is 0 Å². The largest absolute Gasteiger partial charge is 0.453 e. The van der Waals surface area contributed by atoms with Gasteiger partial charge >= 0.3 is 5.97 Å². The summed E-state index contributed by atoms with van der Waals surface area (Å²) < 4.78 is 28.3. The molecule has 0 aliphatic carbocycles. The van der Waals surface area contributed by atoms with E-state index in [1.54, 1.807) is 31.4 Å². The number of esters is 1. The van der Waals surface area contributed by atoms with Crippen LogP contribution in [0.1, 0.15) is 24.2 Å². The van der Waals surface area contributed by atoms with Crippen LogP contribution < -0.4 is 0 Å². The maximum Gasteiger partial charge on any atom is 0.338 e. The van der Waals surface area contributed by atoms with Crippen LogP contribution >= 0.6 is 0 Å². The van der Waals surface area contributed by atoms with Crippen molar-refractivity contribution in [2.24, 2.45) is 0 Å². The Labute approximate surface area is 143 Å². The first kappa shape index (κ1) is 18.9. The Bertz CT molecular complexity index is 492. The summed E-state index contributed by atoms with van der Waals surface area (Å²) in [5.41, 5.74) is 0.488. The number of benzene rings is 1. The molecule has 0 spiro atoms. The second-order valence-corrected chi connectivity index (χ2v) is 5.46. The molecular formula is C18H26O6. The molecule has 1 saturated heterocycles. The third-order valence-electron chi connectivity index (χ3n) is 3.93. The Hall–Kier alpha value is -1.47. The van der Waals surface area contributed by atoms with Crippen molar-refractivity contribution < 1.29 is 28.5 Å². The molecule has 24 heavy (non-hydrogen) atoms. The lowest BCUT2D eigenvalue weighted by atomic mass is 9.99. The first-order valence-corrected chi connectivity index (χ1v) is 8.31. The quantitative estimate of drug-likeness (QED) is 0.676. The van der Waals surface area contributed by atoms with Crippen LogP contribution in [0.5, 0.6) is 0 Å². The van der Waals surface area contributed by atoms with Gasteiger partial charge in [-0.2, -0.15) is 0 Å². The molecule has 6 heteroatoms. The molecule has 1 aliphatic rings. The Morgan fingerprint density at radius 3 is 2.54 bits per heavy atom. The van der Waals surface area contributed by atoms with Crippen LogP contribution in [0.2, 0.25) is 0 Å². The maximum atomic E-state index is 12.5. The molecule has 4 atom stereocenters. The van der Waals surface area contributed by atoms with Gasteiger partial charge in [0.1, 0.15) is 18.3 Å². The third kappa shape index (κ3) is 4.77. The minimum absolute atomic E-state index is 0.295. The van der Waals surface area contributed by atoms with Gasteiger partial charge in [0.15, 0.2) is 6.10 Å². The molecule has 0 radical (unpaired) electrons. The van der Waals surface area contributed by atoms with Crippen LogP contribution in [0.15, 0.2) is 30.3 Å². The van der Waals surface area contributed by atoms with Crippen LogP contribution in [-0.4, -0.2) is 63.9 Å². The van der Waals surface area contributed by atoms with Gasteiger partial charge in [0.2, 0.25) is 0 Å². The highest BCUT2D eigenvalue weighted by molar-refractivity contribution is 5.89. The predicted molar refractivity (Wildman–Crippen MR) is 88.1 cm³/mol. The summed E-state index contributed by atoms with van der Waals surface area (Å²) in [6.45, 7) is 5.57. The van der Waals surface area contributed by atoms with Crippen LogP contribution in [0.25, 0.3) is 0 Å². The number of hydrogen-bond donors (Lipinski definition) is 0. The zero-order valence-electron chi connectivity index (χ0n) is 14.5. The molecular weight excluding hydrogens is 312 g/mol. The van der Waals surface area contributed by atoms with Crippen molar-refractivity contribution in [3.63, 3.8) is 0 Å². The van der Waals surface area contributed by atoms with Crippen molar-refractivity contribution in [3.05, 3.63) is 35.9 Å². The van der Waals surface area contributed by atoms with E-state index < -0.39 is 18.2 Å². The van der Waals surface area contributed by atoms with Crippen LogP contribution in [-0.2, 0) is 23.7 Å². The maximum absolute atomic E-state index is 12.5. The van der Waals surface area contributed by atoms with Gasteiger partial charge < -0.3 is 23.7 Å². The lowest BCUT2D eigenvalue weighted by Gasteiger charge is -2.41. The molecule has 2 rings (SSSR count). The Balaban J connectivity index is 2.16. The van der Waals surface area contributed by atoms with E-state index in [1.807, 2.05) is 19.9 Å². The molecule has 1 aromatic carbocycles. The van der Waals surface area contributed by atoms with Crippen LogP contribution in [0.3, 0.4) is 0 Å². The summed E-state index contributed by atoms with van der Waals surface area (Å²) in [6, 6.07) is 8.87. The first-order chi connectivity index (χ1) is 11.7. The van der Waals surface area contributed by atoms with Gasteiger partial charge in [0.05, 0.1) is 18.8 Å². The average Bonchev–Trinajstić information content (AvgIpc) is 2.62. The van der Waals surface area contributed by atoms with Gasteiger partial charge in [-0.25, -0.2) is 4.79 Å². The van der Waals surface area contributed by atoms with E-state index in [1.165, 1.54) is 0 Å². The average molecular weight is 338 g/mol. The van der Waals surface area contributed by atoms with E-state index in [0.717, 1.165) is 0 Å². The van der Waals surface area contributed by atoms with Gasteiger partial charge in [-0.3, -0.25) is 0 Å². The highest BCUT2D eigenvalue weighted by Gasteiger charge is 2.44. The zero-order chi connectivity index (χ0) is 17.4. The molecule has 1 heterocycles. The van der Waals surface area contributed by atoms with Crippen molar-refractivity contribution in [2.45, 2.75) is 38.3 Å². The monoisotopic (exact) mass is 338 g/mol. The number of carbonyl (C=O) groups is 1. The Morgan fingerprint density at radius 2 is 1.92 bits per heavy atom. The van der Waals surface area contributed by atoms with E-state index in [4.69, 9.17) is 23.7 Å². The molecule has 1 aromatic rings. The summed E-state index contributed by atoms with van der Waals surface area (Å²) in [6.07, 6.45) is -1.67. The SMILES string of the molecule is CCOC[C@H]1OC[C@H](OC)[C@@H](OCC)[C@@H]1OC(=O)c1ccccc1. The number of carbonyl (C=O) groups excluding carboxylic acids is 1. The van der Waals surface area contributed by atoms with Crippen LogP contribution in [0, 0.1) is 0 Å². The fourth-order valence-corrected chi connectivity index (χ4v) is 2.71. The number of methoxy groups -OCH3 is 1. The lowest BCUT2D eigenvalue weighted by Crippen LogP contribution is -2.57. The summed E-state index contributed by atoms with van der Waals surface area (Å²) in [5.74, 6) is -0.410. The molecule has 0 amide bonds. The van der Waals surface area contributed by atoms with Crippen molar-refractivity contribution in [1.82, 2.24) is 0 Å². The highest BCUT2D eigenvalue weighted by atomic mass is 16.6. The van der Waals surface area contributed by atoms with Gasteiger partial charge in [-0.15, -0.1) is 0 Å². The third-order valence-corrected chi connectivity index (χ3v) is 3.93. The van der Waals surface area contributed by atoms with E-state index in [0.29, 0.717) is 32.0 Å². The Morgan fingerprint density at radius 1 is 1.17 bits per heavy atom. The molecule has 0 unspecified atom stereocenters. The van der Waals surface area contributed by atoms with Gasteiger partial charge in [-0.1, -0.05) is 18.2 Å². The second-order valence-electron chi connectivity index (χ2n) is 5.46. The van der Waals surface area contributed by atoms with Crippen molar-refractivity contribution in [2.75, 3.05) is 33.5 Å². The summed E-state index contributed by atoms with van der Waals surface area (Å²) in [4.78, 5) is 12.5. The molecule has 0 bridgehead atoms. The minimum Gasteiger partial charge on any atom is -0.453 e. The van der Waals surface area contributed by atoms with Gasteiger partial charge in [0, 0.05) is 20.3 Å². The summed E-state index contributed by atoms with van der Waals surface area (Å²) >= 11 is 0. The fourth-order valence-electron chi connectivity index (χ4n) is 2.71. The Kier molecular flexibility index (Phi) is 7.65. The van der Waals surface area contributed by atoms with Crippen molar-refractivity contribution in [3.8, 4) is 0 Å². The first-order valence-electron chi connectivity index (χ1n) is 8.31. The highest BCUT2D eigenvalue weighted by Crippen LogP contribution is 2.24. The van der Waals surface area contributed by atoms with E-state index >= 15 is 0 Å². The normalized spacial score (nSPS) is 27.0. The number of hydrogen-bond acceptors (Lipinski definition) is 6. The fraction of sp³-hybridized carbons (Fsp3) is 0.611. The standard InChI is InChI=1S/C18H26O6/c1-4-21-11-15-17(16(22-5-2)14(20-3)12-23-15)24-18(19)13-9-7-6-8-10-13/h6-10,14-17H,4-5,11-12H2,1-3H3/t14-,15+,16+,17+/m0/s1. The van der Waals surface area contributed by atoms with Gasteiger partial charge in [0.25, 0.3) is 0 Å². The second kappa shape index (κ2) is 9.74. The molecule has 0 saturated carbocycles. The van der Waals surface area contributed by atoms with E-state index in [-0.39, 0.29) is 12.2 Å². The van der Waals surface area contributed by atoms with Crippen molar-refractivity contribution in [1.29, 1.82) is 0 Å². The van der Waals surface area contributed by atoms with E-state index in [2.05, 4.69) is 0 Å². The minimum atomic E-state index is -0.595. The molecule has 0 N–H and O–H groups in total. The molecule has 1 fully saturated rings. The zero-order valence-corrected chi connectivity index (χ0v) is 14.5. The number of ether oxygens (including phenoxy) is 5. The number of rotatable bonds is 8.